The molecule has 0 spiro atoms. The molecular formula is C19H18F3N3. The lowest BCUT2D eigenvalue weighted by atomic mass is 10.1. The molecule has 0 bridgehead atoms. The van der Waals surface area contributed by atoms with Crippen LogP contribution in [0.2, 0.25) is 0 Å². The average Bonchev–Trinajstić information content (AvgIpc) is 2.58. The van der Waals surface area contributed by atoms with Gasteiger partial charge in [-0.3, -0.25) is 0 Å². The fourth-order valence-corrected chi connectivity index (χ4v) is 2.07. The quantitative estimate of drug-likeness (QED) is 0.501. The second kappa shape index (κ2) is 8.25. The maximum atomic E-state index is 12.5. The lowest BCUT2D eigenvalue weighted by Crippen LogP contribution is -2.22. The van der Waals surface area contributed by atoms with E-state index in [1.807, 2.05) is 24.3 Å². The van der Waals surface area contributed by atoms with Crippen molar-refractivity contribution < 1.29 is 13.2 Å². The molecule has 2 aromatic rings. The number of halogens is 3. The molecule has 3 N–H and O–H groups in total. The molecule has 0 radical (unpaired) electrons. The number of benzene rings is 2. The van der Waals surface area contributed by atoms with Crippen LogP contribution in [0, 0.1) is 11.8 Å². The van der Waals surface area contributed by atoms with E-state index in [2.05, 4.69) is 29.1 Å². The Morgan fingerprint density at radius 2 is 1.88 bits per heavy atom. The molecule has 0 amide bonds. The van der Waals surface area contributed by atoms with Gasteiger partial charge in [-0.15, -0.1) is 0 Å². The van der Waals surface area contributed by atoms with Gasteiger partial charge in [0, 0.05) is 11.3 Å². The van der Waals surface area contributed by atoms with Gasteiger partial charge in [0.1, 0.15) is 6.54 Å². The van der Waals surface area contributed by atoms with Gasteiger partial charge in [0.05, 0.1) is 5.56 Å². The minimum atomic E-state index is -4.34. The van der Waals surface area contributed by atoms with E-state index < -0.39 is 11.7 Å². The van der Waals surface area contributed by atoms with E-state index in [-0.39, 0.29) is 12.5 Å². The Kier molecular flexibility index (Phi) is 6.07. The average molecular weight is 345 g/mol. The van der Waals surface area contributed by atoms with E-state index in [9.17, 15) is 13.2 Å². The van der Waals surface area contributed by atoms with Crippen molar-refractivity contribution in [3.63, 3.8) is 0 Å². The molecule has 0 saturated carbocycles. The number of anilines is 1. The summed E-state index contributed by atoms with van der Waals surface area (Å²) in [5.74, 6) is 5.74. The highest BCUT2D eigenvalue weighted by Gasteiger charge is 2.29. The van der Waals surface area contributed by atoms with Gasteiger partial charge in [0.2, 0.25) is 0 Å². The molecule has 0 aliphatic heterocycles. The molecule has 0 aliphatic carbocycles. The number of aliphatic imine (C=N–C) groups is 1. The summed E-state index contributed by atoms with van der Waals surface area (Å²) in [5.41, 5.74) is 7.61. The first kappa shape index (κ1) is 18.4. The van der Waals surface area contributed by atoms with Crippen molar-refractivity contribution in [2.75, 3.05) is 11.9 Å². The number of guanidine groups is 1. The standard InChI is InChI=1S/C19H18F3N3/c1-2-14-5-3-7-17(13-14)25-18(23)24-12-4-6-15-8-10-16(11-9-15)19(20,21)22/h3,5,7-11,13H,2,12H2,1H3,(H3,23,24,25). The topological polar surface area (TPSA) is 50.4 Å². The molecule has 3 nitrogen and oxygen atoms in total. The van der Waals surface area contributed by atoms with Crippen LogP contribution in [0.5, 0.6) is 0 Å². The Morgan fingerprint density at radius 3 is 2.52 bits per heavy atom. The highest BCUT2D eigenvalue weighted by atomic mass is 19.4. The molecule has 0 saturated heterocycles. The number of aryl methyl sites for hydroxylation is 1. The van der Waals surface area contributed by atoms with Crippen molar-refractivity contribution >= 4 is 11.6 Å². The normalized spacial score (nSPS) is 11.6. The van der Waals surface area contributed by atoms with Crippen LogP contribution in [0.15, 0.2) is 53.5 Å². The molecule has 2 aromatic carbocycles. The van der Waals surface area contributed by atoms with Gasteiger partial charge in [-0.2, -0.15) is 13.2 Å². The molecule has 0 heterocycles. The fourth-order valence-electron chi connectivity index (χ4n) is 2.07. The summed E-state index contributed by atoms with van der Waals surface area (Å²) in [7, 11) is 0. The van der Waals surface area contributed by atoms with Crippen molar-refractivity contribution in [1.29, 1.82) is 0 Å². The van der Waals surface area contributed by atoms with Crippen molar-refractivity contribution in [2.24, 2.45) is 10.7 Å². The summed E-state index contributed by atoms with van der Waals surface area (Å²) < 4.78 is 37.4. The first-order chi connectivity index (χ1) is 11.9. The molecule has 6 heteroatoms. The number of nitrogens with one attached hydrogen (secondary N) is 1. The van der Waals surface area contributed by atoms with Gasteiger partial charge in [-0.05, 0) is 48.4 Å². The van der Waals surface area contributed by atoms with Crippen LogP contribution in [0.4, 0.5) is 18.9 Å². The molecule has 0 atom stereocenters. The summed E-state index contributed by atoms with van der Waals surface area (Å²) in [6.45, 7) is 2.21. The zero-order valence-corrected chi connectivity index (χ0v) is 13.7. The van der Waals surface area contributed by atoms with Crippen LogP contribution in [0.25, 0.3) is 0 Å². The second-order valence-corrected chi connectivity index (χ2v) is 5.26. The molecule has 0 aromatic heterocycles. The number of hydrogen-bond acceptors (Lipinski definition) is 1. The summed E-state index contributed by atoms with van der Waals surface area (Å²) in [4.78, 5) is 4.08. The predicted octanol–water partition coefficient (Wildman–Crippen LogP) is 4.05. The zero-order chi connectivity index (χ0) is 18.3. The zero-order valence-electron chi connectivity index (χ0n) is 13.7. The van der Waals surface area contributed by atoms with Crippen LogP contribution >= 0.6 is 0 Å². The predicted molar refractivity (Wildman–Crippen MR) is 94.3 cm³/mol. The van der Waals surface area contributed by atoms with Crippen LogP contribution in [-0.4, -0.2) is 12.5 Å². The summed E-state index contributed by atoms with van der Waals surface area (Å²) in [6.07, 6.45) is -3.42. The van der Waals surface area contributed by atoms with Gasteiger partial charge in [0.25, 0.3) is 0 Å². The number of nitrogens with zero attached hydrogens (tertiary/aromatic N) is 1. The van der Waals surface area contributed by atoms with Gasteiger partial charge < -0.3 is 11.1 Å². The maximum absolute atomic E-state index is 12.5. The summed E-state index contributed by atoms with van der Waals surface area (Å²) >= 11 is 0. The Bertz CT molecular complexity index is 797. The third-order valence-corrected chi connectivity index (χ3v) is 3.38. The van der Waals surface area contributed by atoms with E-state index in [0.29, 0.717) is 5.56 Å². The molecular weight excluding hydrogens is 327 g/mol. The third kappa shape index (κ3) is 5.88. The maximum Gasteiger partial charge on any atom is 0.416 e. The van der Waals surface area contributed by atoms with Gasteiger partial charge >= 0.3 is 6.18 Å². The van der Waals surface area contributed by atoms with Crippen LogP contribution in [0.3, 0.4) is 0 Å². The van der Waals surface area contributed by atoms with Gasteiger partial charge in [0.15, 0.2) is 5.96 Å². The molecule has 0 fully saturated rings. The van der Waals surface area contributed by atoms with Crippen molar-refractivity contribution in [3.8, 4) is 11.8 Å². The minimum Gasteiger partial charge on any atom is -0.370 e. The molecule has 0 aliphatic rings. The number of hydrogen-bond donors (Lipinski definition) is 2. The molecule has 130 valence electrons. The first-order valence-corrected chi connectivity index (χ1v) is 7.70. The highest BCUT2D eigenvalue weighted by molar-refractivity contribution is 5.92. The number of nitrogens with two attached hydrogens (primary N) is 1. The van der Waals surface area contributed by atoms with Gasteiger partial charge in [-0.25, -0.2) is 4.99 Å². The van der Waals surface area contributed by atoms with Crippen LogP contribution < -0.4 is 11.1 Å². The van der Waals surface area contributed by atoms with E-state index >= 15 is 0 Å². The summed E-state index contributed by atoms with van der Waals surface area (Å²) in [5, 5.41) is 2.97. The van der Waals surface area contributed by atoms with Gasteiger partial charge in [-0.1, -0.05) is 30.9 Å². The smallest absolute Gasteiger partial charge is 0.370 e. The highest BCUT2D eigenvalue weighted by Crippen LogP contribution is 2.28. The lowest BCUT2D eigenvalue weighted by molar-refractivity contribution is -0.137. The number of alkyl halides is 3. The van der Waals surface area contributed by atoms with Crippen molar-refractivity contribution in [1.82, 2.24) is 0 Å². The third-order valence-electron chi connectivity index (χ3n) is 3.38. The second-order valence-electron chi connectivity index (χ2n) is 5.26. The first-order valence-electron chi connectivity index (χ1n) is 7.70. The Morgan fingerprint density at radius 1 is 1.16 bits per heavy atom. The Labute approximate surface area is 144 Å². The van der Waals surface area contributed by atoms with E-state index in [4.69, 9.17) is 5.73 Å². The summed E-state index contributed by atoms with van der Waals surface area (Å²) in [6, 6.07) is 12.5. The largest absolute Gasteiger partial charge is 0.416 e. The van der Waals surface area contributed by atoms with E-state index in [1.165, 1.54) is 17.7 Å². The SMILES string of the molecule is CCc1cccc(NC(N)=NCC#Cc2ccc(C(F)(F)F)cc2)c1. The Hall–Kier alpha value is -2.94. The minimum absolute atomic E-state index is 0.146. The Balaban J connectivity index is 1.93. The number of rotatable bonds is 3. The van der Waals surface area contributed by atoms with Crippen LogP contribution in [-0.2, 0) is 12.6 Å². The van der Waals surface area contributed by atoms with Crippen molar-refractivity contribution in [3.05, 3.63) is 65.2 Å². The molecule has 2 rings (SSSR count). The lowest BCUT2D eigenvalue weighted by Gasteiger charge is -2.06. The fraction of sp³-hybridized carbons (Fsp3) is 0.211. The molecule has 0 unspecified atom stereocenters. The van der Waals surface area contributed by atoms with E-state index in [1.54, 1.807) is 0 Å². The van der Waals surface area contributed by atoms with E-state index in [0.717, 1.165) is 24.2 Å². The van der Waals surface area contributed by atoms with Crippen LogP contribution in [0.1, 0.15) is 23.6 Å². The molecule has 25 heavy (non-hydrogen) atoms. The monoisotopic (exact) mass is 345 g/mol. The van der Waals surface area contributed by atoms with Crippen molar-refractivity contribution in [2.45, 2.75) is 19.5 Å².